The molecule has 0 unspecified atom stereocenters. The highest BCUT2D eigenvalue weighted by Crippen LogP contribution is 2.27. The summed E-state index contributed by atoms with van der Waals surface area (Å²) in [5.74, 6) is -0.680. The maximum atomic E-state index is 12.8. The summed E-state index contributed by atoms with van der Waals surface area (Å²) in [7, 11) is 1.52. The first kappa shape index (κ1) is 20.2. The molecule has 9 nitrogen and oxygen atoms in total. The SMILES string of the molecule is CCCNC(=O)NC(=O)CN1C(=O)N[C@](C)(Cc2ccccc2OC)C1=O. The Hall–Kier alpha value is -3.10. The van der Waals surface area contributed by atoms with Crippen LogP contribution in [0.5, 0.6) is 5.75 Å². The molecule has 1 saturated heterocycles. The van der Waals surface area contributed by atoms with E-state index in [1.807, 2.05) is 13.0 Å². The predicted molar refractivity (Wildman–Crippen MR) is 97.2 cm³/mol. The molecule has 146 valence electrons. The summed E-state index contributed by atoms with van der Waals surface area (Å²) >= 11 is 0. The first-order valence-electron chi connectivity index (χ1n) is 8.64. The Labute approximate surface area is 157 Å². The van der Waals surface area contributed by atoms with Gasteiger partial charge in [0.15, 0.2) is 0 Å². The second-order valence-electron chi connectivity index (χ2n) is 6.45. The van der Waals surface area contributed by atoms with Gasteiger partial charge in [-0.15, -0.1) is 0 Å². The third-order valence-corrected chi connectivity index (χ3v) is 4.17. The van der Waals surface area contributed by atoms with Crippen molar-refractivity contribution in [1.82, 2.24) is 20.9 Å². The number of carbonyl (C=O) groups is 4. The van der Waals surface area contributed by atoms with Crippen molar-refractivity contribution in [2.75, 3.05) is 20.2 Å². The van der Waals surface area contributed by atoms with E-state index in [-0.39, 0.29) is 6.42 Å². The molecule has 9 heteroatoms. The van der Waals surface area contributed by atoms with E-state index in [2.05, 4.69) is 16.0 Å². The van der Waals surface area contributed by atoms with E-state index in [1.54, 1.807) is 25.1 Å². The highest BCUT2D eigenvalue weighted by atomic mass is 16.5. The Morgan fingerprint density at radius 1 is 1.26 bits per heavy atom. The molecule has 0 radical (unpaired) electrons. The summed E-state index contributed by atoms with van der Waals surface area (Å²) in [6.45, 7) is 3.34. The number of rotatable bonds is 7. The minimum absolute atomic E-state index is 0.205. The van der Waals surface area contributed by atoms with Crippen molar-refractivity contribution in [3.05, 3.63) is 29.8 Å². The van der Waals surface area contributed by atoms with Gasteiger partial charge in [-0.1, -0.05) is 25.1 Å². The monoisotopic (exact) mass is 376 g/mol. The average Bonchev–Trinajstić information content (AvgIpc) is 2.83. The largest absolute Gasteiger partial charge is 0.496 e. The van der Waals surface area contributed by atoms with Crippen molar-refractivity contribution < 1.29 is 23.9 Å². The molecule has 0 saturated carbocycles. The zero-order chi connectivity index (χ0) is 20.0. The Kier molecular flexibility index (Phi) is 6.38. The molecule has 0 spiro atoms. The molecule has 6 amide bonds. The molecule has 1 atom stereocenters. The summed E-state index contributed by atoms with van der Waals surface area (Å²) < 4.78 is 5.28. The van der Waals surface area contributed by atoms with Gasteiger partial charge in [-0.25, -0.2) is 9.59 Å². The molecular weight excluding hydrogens is 352 g/mol. The quantitative estimate of drug-likeness (QED) is 0.608. The summed E-state index contributed by atoms with van der Waals surface area (Å²) in [6, 6.07) is 5.84. The minimum Gasteiger partial charge on any atom is -0.496 e. The maximum absolute atomic E-state index is 12.8. The molecule has 1 aromatic carbocycles. The van der Waals surface area contributed by atoms with Gasteiger partial charge in [-0.2, -0.15) is 0 Å². The molecule has 0 bridgehead atoms. The predicted octanol–water partition coefficient (Wildman–Crippen LogP) is 0.784. The highest BCUT2D eigenvalue weighted by molar-refractivity contribution is 6.09. The zero-order valence-electron chi connectivity index (χ0n) is 15.6. The Morgan fingerprint density at radius 2 is 1.96 bits per heavy atom. The molecule has 1 aliphatic heterocycles. The average molecular weight is 376 g/mol. The molecule has 2 rings (SSSR count). The molecule has 1 aliphatic rings. The number of amides is 6. The molecule has 0 aromatic heterocycles. The second-order valence-corrected chi connectivity index (χ2v) is 6.45. The van der Waals surface area contributed by atoms with Gasteiger partial charge in [0.2, 0.25) is 5.91 Å². The van der Waals surface area contributed by atoms with E-state index in [0.29, 0.717) is 12.3 Å². The van der Waals surface area contributed by atoms with Gasteiger partial charge in [0.1, 0.15) is 17.8 Å². The first-order chi connectivity index (χ1) is 12.8. The second kappa shape index (κ2) is 8.52. The van der Waals surface area contributed by atoms with Crippen molar-refractivity contribution in [3.8, 4) is 5.75 Å². The summed E-state index contributed by atoms with van der Waals surface area (Å²) in [6.07, 6.45) is 0.923. The lowest BCUT2D eigenvalue weighted by Crippen LogP contribution is -2.48. The first-order valence-corrected chi connectivity index (χ1v) is 8.64. The summed E-state index contributed by atoms with van der Waals surface area (Å²) in [5.41, 5.74) is -0.461. The maximum Gasteiger partial charge on any atom is 0.325 e. The van der Waals surface area contributed by atoms with Crippen molar-refractivity contribution in [3.63, 3.8) is 0 Å². The van der Waals surface area contributed by atoms with Crippen LogP contribution in [-0.2, 0) is 16.0 Å². The smallest absolute Gasteiger partial charge is 0.325 e. The van der Waals surface area contributed by atoms with Crippen LogP contribution in [0, 0.1) is 0 Å². The van der Waals surface area contributed by atoms with Crippen LogP contribution in [0.1, 0.15) is 25.8 Å². The normalized spacial score (nSPS) is 18.9. The van der Waals surface area contributed by atoms with Crippen molar-refractivity contribution in [2.45, 2.75) is 32.2 Å². The van der Waals surface area contributed by atoms with E-state index in [9.17, 15) is 19.2 Å². The van der Waals surface area contributed by atoms with E-state index in [0.717, 1.165) is 16.9 Å². The third kappa shape index (κ3) is 4.75. The number of nitrogens with one attached hydrogen (secondary N) is 3. The highest BCUT2D eigenvalue weighted by Gasteiger charge is 2.48. The number of nitrogens with zero attached hydrogens (tertiary/aromatic N) is 1. The molecule has 1 aromatic rings. The van der Waals surface area contributed by atoms with Crippen molar-refractivity contribution in [2.24, 2.45) is 0 Å². The fraction of sp³-hybridized carbons (Fsp3) is 0.444. The number of carbonyl (C=O) groups excluding carboxylic acids is 4. The minimum atomic E-state index is -1.21. The molecular formula is C18H24N4O5. The van der Waals surface area contributed by atoms with Gasteiger partial charge < -0.3 is 15.4 Å². The Bertz CT molecular complexity index is 751. The molecule has 3 N–H and O–H groups in total. The van der Waals surface area contributed by atoms with Crippen LogP contribution in [0.2, 0.25) is 0 Å². The van der Waals surface area contributed by atoms with Crippen LogP contribution >= 0.6 is 0 Å². The van der Waals surface area contributed by atoms with E-state index < -0.39 is 36.0 Å². The molecule has 1 heterocycles. The van der Waals surface area contributed by atoms with Crippen LogP contribution in [-0.4, -0.2) is 54.5 Å². The molecule has 1 fully saturated rings. The van der Waals surface area contributed by atoms with Gasteiger partial charge in [0.05, 0.1) is 7.11 Å². The number of imide groups is 2. The fourth-order valence-corrected chi connectivity index (χ4v) is 2.83. The number of ether oxygens (including phenoxy) is 1. The number of para-hydroxylation sites is 1. The number of benzene rings is 1. The summed E-state index contributed by atoms with van der Waals surface area (Å²) in [4.78, 5) is 49.3. The van der Waals surface area contributed by atoms with E-state index >= 15 is 0 Å². The number of urea groups is 2. The lowest BCUT2D eigenvalue weighted by molar-refractivity contribution is -0.134. The van der Waals surface area contributed by atoms with Crippen molar-refractivity contribution >= 4 is 23.9 Å². The lowest BCUT2D eigenvalue weighted by atomic mass is 9.92. The zero-order valence-corrected chi connectivity index (χ0v) is 15.6. The molecule has 0 aliphatic carbocycles. The van der Waals surface area contributed by atoms with Gasteiger partial charge in [0.25, 0.3) is 5.91 Å². The number of methoxy groups -OCH3 is 1. The van der Waals surface area contributed by atoms with E-state index in [1.165, 1.54) is 7.11 Å². The Balaban J connectivity index is 2.05. The topological polar surface area (TPSA) is 117 Å². The Morgan fingerprint density at radius 3 is 2.63 bits per heavy atom. The standard InChI is InChI=1S/C18H24N4O5/c1-4-9-19-16(25)20-14(23)11-22-15(24)18(2,21-17(22)26)10-12-7-5-6-8-13(12)27-3/h5-8H,4,9-11H2,1-3H3,(H,21,26)(H2,19,20,23,25)/t18-/m1/s1. The van der Waals surface area contributed by atoms with Crippen LogP contribution < -0.4 is 20.7 Å². The van der Waals surface area contributed by atoms with Crippen LogP contribution in [0.15, 0.2) is 24.3 Å². The van der Waals surface area contributed by atoms with Crippen molar-refractivity contribution in [1.29, 1.82) is 0 Å². The number of hydrogen-bond donors (Lipinski definition) is 3. The fourth-order valence-electron chi connectivity index (χ4n) is 2.83. The van der Waals surface area contributed by atoms with E-state index in [4.69, 9.17) is 4.74 Å². The van der Waals surface area contributed by atoms with Crippen LogP contribution in [0.3, 0.4) is 0 Å². The van der Waals surface area contributed by atoms with Crippen LogP contribution in [0.25, 0.3) is 0 Å². The number of hydrogen-bond acceptors (Lipinski definition) is 5. The van der Waals surface area contributed by atoms with Crippen LogP contribution in [0.4, 0.5) is 9.59 Å². The van der Waals surface area contributed by atoms with Gasteiger partial charge in [0, 0.05) is 13.0 Å². The lowest BCUT2D eigenvalue weighted by Gasteiger charge is -2.22. The molecule has 27 heavy (non-hydrogen) atoms. The summed E-state index contributed by atoms with van der Waals surface area (Å²) in [5, 5.41) is 7.20. The third-order valence-electron chi connectivity index (χ3n) is 4.17. The van der Waals surface area contributed by atoms with Gasteiger partial charge in [-0.3, -0.25) is 19.8 Å². The van der Waals surface area contributed by atoms with Gasteiger partial charge in [-0.05, 0) is 25.0 Å². The van der Waals surface area contributed by atoms with Gasteiger partial charge >= 0.3 is 12.1 Å².